The van der Waals surface area contributed by atoms with Gasteiger partial charge in [0, 0.05) is 11.6 Å². The molecule has 0 bridgehead atoms. The highest BCUT2D eigenvalue weighted by Crippen LogP contribution is 2.25. The number of hydrogen-bond donors (Lipinski definition) is 1. The number of benzene rings is 2. The summed E-state index contributed by atoms with van der Waals surface area (Å²) in [5, 5.41) is 10.1. The maximum Gasteiger partial charge on any atom is 0.196 e. The highest BCUT2D eigenvalue weighted by molar-refractivity contribution is 6.10. The minimum Gasteiger partial charge on any atom is -1.00 e. The van der Waals surface area contributed by atoms with E-state index in [-0.39, 0.29) is 34.1 Å². The van der Waals surface area contributed by atoms with E-state index < -0.39 is 0 Å². The fourth-order valence-corrected chi connectivity index (χ4v) is 1.98. The van der Waals surface area contributed by atoms with Crippen molar-refractivity contribution in [2.75, 3.05) is 34.3 Å². The zero-order chi connectivity index (χ0) is 16.2. The minimum absolute atomic E-state index is 0. The zero-order valence-electron chi connectivity index (χ0n) is 13.6. The second-order valence-electron chi connectivity index (χ2n) is 6.24. The second-order valence-corrected chi connectivity index (χ2v) is 6.24. The van der Waals surface area contributed by atoms with Gasteiger partial charge in [0.15, 0.2) is 5.78 Å². The molecule has 0 spiro atoms. The normalized spacial score (nSPS) is 10.7. The lowest BCUT2D eigenvalue weighted by Gasteiger charge is -2.23. The van der Waals surface area contributed by atoms with Crippen LogP contribution in [0.3, 0.4) is 0 Å². The molecule has 5 heteroatoms. The number of hydrogen-bond acceptors (Lipinski definition) is 3. The van der Waals surface area contributed by atoms with Crippen molar-refractivity contribution >= 4 is 5.78 Å². The maximum absolute atomic E-state index is 12.3. The third-order valence-electron chi connectivity index (χ3n) is 3.28. The third kappa shape index (κ3) is 5.69. The van der Waals surface area contributed by atoms with Crippen LogP contribution in [0, 0.1) is 0 Å². The van der Waals surface area contributed by atoms with E-state index in [9.17, 15) is 9.90 Å². The standard InChI is InChI=1S/C18H21NO3.BrH/c1-19(2,3)11-12-22-15-9-10-16(17(20)13-15)18(21)14-7-5-4-6-8-14;/h4-10,13H,11-12H2,1-3H3;1H. The summed E-state index contributed by atoms with van der Waals surface area (Å²) in [7, 11) is 6.26. The minimum atomic E-state index is -0.198. The summed E-state index contributed by atoms with van der Waals surface area (Å²) >= 11 is 0. The number of phenols is 1. The summed E-state index contributed by atoms with van der Waals surface area (Å²) in [4.78, 5) is 12.3. The summed E-state index contributed by atoms with van der Waals surface area (Å²) < 4.78 is 6.42. The number of halogens is 1. The van der Waals surface area contributed by atoms with Gasteiger partial charge in [-0.3, -0.25) is 4.79 Å². The molecule has 0 aliphatic heterocycles. The number of quaternary nitrogens is 1. The molecule has 0 fully saturated rings. The number of carbonyl (C=O) groups excluding carboxylic acids is 1. The Balaban J connectivity index is 0.00000264. The van der Waals surface area contributed by atoms with Gasteiger partial charge in [0.2, 0.25) is 0 Å². The van der Waals surface area contributed by atoms with Gasteiger partial charge in [0.1, 0.15) is 24.7 Å². The van der Waals surface area contributed by atoms with Crippen LogP contribution in [0.2, 0.25) is 0 Å². The SMILES string of the molecule is C[N+](C)(C)CCOc1ccc(C(=O)c2ccccc2)c(O)c1.[Br-]. The van der Waals surface area contributed by atoms with Crippen LogP contribution in [-0.2, 0) is 0 Å². The Hall–Kier alpha value is -1.85. The molecule has 0 unspecified atom stereocenters. The molecule has 0 saturated carbocycles. The first-order valence-corrected chi connectivity index (χ1v) is 7.23. The molecule has 2 aromatic rings. The molecule has 0 amide bonds. The average Bonchev–Trinajstić information content (AvgIpc) is 2.46. The van der Waals surface area contributed by atoms with Gasteiger partial charge in [-0.2, -0.15) is 0 Å². The second kappa shape index (κ2) is 8.13. The molecular weight excluding hydrogens is 358 g/mol. The molecule has 0 heterocycles. The Labute approximate surface area is 147 Å². The molecule has 1 N–H and O–H groups in total. The Morgan fingerprint density at radius 2 is 1.74 bits per heavy atom. The molecule has 0 aliphatic rings. The van der Waals surface area contributed by atoms with Crippen molar-refractivity contribution in [3.63, 3.8) is 0 Å². The fourth-order valence-electron chi connectivity index (χ4n) is 1.98. The predicted molar refractivity (Wildman–Crippen MR) is 86.4 cm³/mol. The van der Waals surface area contributed by atoms with Crippen LogP contribution in [0.15, 0.2) is 48.5 Å². The molecule has 2 aromatic carbocycles. The Morgan fingerprint density at radius 3 is 2.30 bits per heavy atom. The first-order chi connectivity index (χ1) is 10.4. The highest BCUT2D eigenvalue weighted by Gasteiger charge is 2.14. The molecular formula is C18H22BrNO3. The molecule has 0 saturated heterocycles. The summed E-state index contributed by atoms with van der Waals surface area (Å²) in [6.07, 6.45) is 0. The van der Waals surface area contributed by atoms with E-state index in [4.69, 9.17) is 4.74 Å². The van der Waals surface area contributed by atoms with E-state index >= 15 is 0 Å². The molecule has 4 nitrogen and oxygen atoms in total. The quantitative estimate of drug-likeness (QED) is 0.554. The average molecular weight is 380 g/mol. The predicted octanol–water partition coefficient (Wildman–Crippen LogP) is -0.288. The van der Waals surface area contributed by atoms with Gasteiger partial charge in [-0.1, -0.05) is 30.3 Å². The van der Waals surface area contributed by atoms with E-state index in [1.165, 1.54) is 6.07 Å². The number of rotatable bonds is 6. The summed E-state index contributed by atoms with van der Waals surface area (Å²) in [5.41, 5.74) is 0.835. The number of nitrogens with zero attached hydrogens (tertiary/aromatic N) is 1. The van der Waals surface area contributed by atoms with Crippen molar-refractivity contribution in [1.82, 2.24) is 0 Å². The molecule has 23 heavy (non-hydrogen) atoms. The lowest BCUT2D eigenvalue weighted by Crippen LogP contribution is -3.00. The summed E-state index contributed by atoms with van der Waals surface area (Å²) in [6, 6.07) is 13.7. The lowest BCUT2D eigenvalue weighted by atomic mass is 10.0. The number of ketones is 1. The number of phenolic OH excluding ortho intramolecular Hbond substituents is 1. The number of likely N-dealkylation sites (N-methyl/N-ethyl adjacent to an activating group) is 1. The maximum atomic E-state index is 12.3. The molecule has 124 valence electrons. The van der Waals surface area contributed by atoms with Gasteiger partial charge < -0.3 is 31.3 Å². The molecule has 2 rings (SSSR count). The topological polar surface area (TPSA) is 46.5 Å². The van der Waals surface area contributed by atoms with Crippen LogP contribution in [0.1, 0.15) is 15.9 Å². The van der Waals surface area contributed by atoms with Crippen LogP contribution in [-0.4, -0.2) is 49.7 Å². The van der Waals surface area contributed by atoms with Crippen molar-refractivity contribution in [3.05, 3.63) is 59.7 Å². The zero-order valence-corrected chi connectivity index (χ0v) is 15.2. The molecule has 0 aromatic heterocycles. The monoisotopic (exact) mass is 379 g/mol. The van der Waals surface area contributed by atoms with E-state index in [0.717, 1.165) is 11.0 Å². The Kier molecular flexibility index (Phi) is 6.79. The number of carbonyl (C=O) groups is 1. The van der Waals surface area contributed by atoms with Gasteiger partial charge in [-0.15, -0.1) is 0 Å². The van der Waals surface area contributed by atoms with Crippen molar-refractivity contribution in [3.8, 4) is 11.5 Å². The Morgan fingerprint density at radius 1 is 1.09 bits per heavy atom. The van der Waals surface area contributed by atoms with Gasteiger partial charge in [-0.05, 0) is 12.1 Å². The van der Waals surface area contributed by atoms with E-state index in [0.29, 0.717) is 17.9 Å². The summed E-state index contributed by atoms with van der Waals surface area (Å²) in [6.45, 7) is 1.40. The first-order valence-electron chi connectivity index (χ1n) is 7.23. The highest BCUT2D eigenvalue weighted by atomic mass is 79.9. The van der Waals surface area contributed by atoms with Crippen molar-refractivity contribution in [2.45, 2.75) is 0 Å². The van der Waals surface area contributed by atoms with Crippen molar-refractivity contribution in [1.29, 1.82) is 0 Å². The fraction of sp³-hybridized carbons (Fsp3) is 0.278. The number of ether oxygens (including phenoxy) is 1. The van der Waals surface area contributed by atoms with Gasteiger partial charge in [0.25, 0.3) is 0 Å². The molecule has 0 atom stereocenters. The van der Waals surface area contributed by atoms with Crippen LogP contribution >= 0.6 is 0 Å². The Bertz CT molecular complexity index is 651. The van der Waals surface area contributed by atoms with Crippen LogP contribution < -0.4 is 21.7 Å². The van der Waals surface area contributed by atoms with Gasteiger partial charge >= 0.3 is 0 Å². The van der Waals surface area contributed by atoms with Gasteiger partial charge in [-0.25, -0.2) is 0 Å². The smallest absolute Gasteiger partial charge is 0.196 e. The van der Waals surface area contributed by atoms with Gasteiger partial charge in [0.05, 0.1) is 26.7 Å². The lowest BCUT2D eigenvalue weighted by molar-refractivity contribution is -0.870. The largest absolute Gasteiger partial charge is 1.00 e. The van der Waals surface area contributed by atoms with Crippen LogP contribution in [0.4, 0.5) is 0 Å². The van der Waals surface area contributed by atoms with Crippen LogP contribution in [0.25, 0.3) is 0 Å². The van der Waals surface area contributed by atoms with E-state index in [1.54, 1.807) is 36.4 Å². The molecule has 0 radical (unpaired) electrons. The number of aromatic hydroxyl groups is 1. The van der Waals surface area contributed by atoms with E-state index in [2.05, 4.69) is 21.1 Å². The van der Waals surface area contributed by atoms with E-state index in [1.807, 2.05) is 6.07 Å². The van der Waals surface area contributed by atoms with Crippen LogP contribution in [0.5, 0.6) is 11.5 Å². The van der Waals surface area contributed by atoms with Crippen molar-refractivity contribution in [2.24, 2.45) is 0 Å². The van der Waals surface area contributed by atoms with Crippen molar-refractivity contribution < 1.29 is 36.1 Å². The third-order valence-corrected chi connectivity index (χ3v) is 3.28. The first kappa shape index (κ1) is 19.2. The summed E-state index contributed by atoms with van der Waals surface area (Å²) in [5.74, 6) is 0.308. The molecule has 0 aliphatic carbocycles.